The molecule has 0 bridgehead atoms. The van der Waals surface area contributed by atoms with Gasteiger partial charge in [0.2, 0.25) is 10.0 Å². The van der Waals surface area contributed by atoms with Crippen molar-refractivity contribution in [1.29, 1.82) is 0 Å². The number of hydrogen-bond acceptors (Lipinski definition) is 4. The Morgan fingerprint density at radius 3 is 2.24 bits per heavy atom. The van der Waals surface area contributed by atoms with Crippen molar-refractivity contribution in [1.82, 2.24) is 0 Å². The summed E-state index contributed by atoms with van der Waals surface area (Å²) in [5.74, 6) is -2.73. The molecule has 0 saturated carbocycles. The van der Waals surface area contributed by atoms with Crippen molar-refractivity contribution in [3.05, 3.63) is 58.9 Å². The van der Waals surface area contributed by atoms with Crippen molar-refractivity contribution in [2.75, 3.05) is 0 Å². The Morgan fingerprint density at radius 1 is 1.08 bits per heavy atom. The summed E-state index contributed by atoms with van der Waals surface area (Å²) in [5.41, 5.74) is -0.446. The van der Waals surface area contributed by atoms with Crippen LogP contribution in [0.25, 0.3) is 0 Å². The Morgan fingerprint density at radius 2 is 1.72 bits per heavy atom. The maximum Gasteiger partial charge on any atom is 0.573 e. The predicted molar refractivity (Wildman–Crippen MR) is 79.1 cm³/mol. The lowest BCUT2D eigenvalue weighted by Crippen LogP contribution is -2.18. The molecule has 0 amide bonds. The van der Waals surface area contributed by atoms with Gasteiger partial charge in [0.25, 0.3) is 0 Å². The van der Waals surface area contributed by atoms with Gasteiger partial charge in [-0.3, -0.25) is 4.79 Å². The number of primary sulfonamides is 1. The molecule has 0 unspecified atom stereocenters. The summed E-state index contributed by atoms with van der Waals surface area (Å²) >= 11 is 0. The van der Waals surface area contributed by atoms with E-state index < -0.39 is 44.2 Å². The van der Waals surface area contributed by atoms with Gasteiger partial charge >= 0.3 is 6.36 Å². The molecule has 2 aromatic rings. The van der Waals surface area contributed by atoms with E-state index in [-0.39, 0.29) is 11.1 Å². The lowest BCUT2D eigenvalue weighted by molar-refractivity contribution is -0.274. The summed E-state index contributed by atoms with van der Waals surface area (Å²) in [4.78, 5) is 11.9. The zero-order valence-electron chi connectivity index (χ0n) is 12.6. The van der Waals surface area contributed by atoms with Crippen LogP contribution in [0.2, 0.25) is 0 Å². The molecule has 2 rings (SSSR count). The monoisotopic (exact) mass is 377 g/mol. The van der Waals surface area contributed by atoms with Crippen molar-refractivity contribution >= 4 is 15.8 Å². The van der Waals surface area contributed by atoms with Gasteiger partial charge in [0.15, 0.2) is 5.78 Å². The van der Waals surface area contributed by atoms with Gasteiger partial charge in [-0.15, -0.1) is 13.2 Å². The second-order valence-electron chi connectivity index (χ2n) is 5.04. The normalized spacial score (nSPS) is 12.1. The van der Waals surface area contributed by atoms with Crippen LogP contribution in [0.15, 0.2) is 41.3 Å². The number of carbonyl (C=O) groups excluding carboxylic acids is 1. The fourth-order valence-corrected chi connectivity index (χ4v) is 2.57. The molecule has 10 heteroatoms. The molecular formula is C15H11F4NO4S. The molecule has 0 aromatic heterocycles. The third kappa shape index (κ3) is 4.54. The standard InChI is InChI=1S/C15H11F4NO4S/c1-8-2-3-9(24-15(17,18)19)6-12(8)14(21)11-5-4-10(7-13(11)16)25(20,22)23/h2-7H,1H3,(H2,20,22,23). The SMILES string of the molecule is Cc1ccc(OC(F)(F)F)cc1C(=O)c1ccc(S(N)(=O)=O)cc1F. The number of carbonyl (C=O) groups is 1. The third-order valence-electron chi connectivity index (χ3n) is 3.20. The van der Waals surface area contributed by atoms with Crippen molar-refractivity contribution in [3.63, 3.8) is 0 Å². The zero-order chi connectivity index (χ0) is 19.0. The van der Waals surface area contributed by atoms with E-state index in [0.29, 0.717) is 6.07 Å². The first kappa shape index (κ1) is 18.9. The van der Waals surface area contributed by atoms with Crippen LogP contribution in [0, 0.1) is 12.7 Å². The number of benzene rings is 2. The highest BCUT2D eigenvalue weighted by Crippen LogP contribution is 2.27. The van der Waals surface area contributed by atoms with Gasteiger partial charge in [-0.2, -0.15) is 0 Å². The molecular weight excluding hydrogens is 366 g/mol. The van der Waals surface area contributed by atoms with Gasteiger partial charge in [0.05, 0.1) is 10.5 Å². The summed E-state index contributed by atoms with van der Waals surface area (Å²) in [7, 11) is -4.16. The van der Waals surface area contributed by atoms with E-state index in [4.69, 9.17) is 5.14 Å². The predicted octanol–water partition coefficient (Wildman–Crippen LogP) is 2.91. The first-order chi connectivity index (χ1) is 11.4. The Hall–Kier alpha value is -2.46. The molecule has 0 radical (unpaired) electrons. The van der Waals surface area contributed by atoms with Crippen LogP contribution < -0.4 is 9.88 Å². The quantitative estimate of drug-likeness (QED) is 0.656. The number of nitrogens with two attached hydrogens (primary N) is 1. The summed E-state index contributed by atoms with van der Waals surface area (Å²) in [6.07, 6.45) is -4.95. The minimum Gasteiger partial charge on any atom is -0.406 e. The third-order valence-corrected chi connectivity index (χ3v) is 4.11. The number of alkyl halides is 3. The van der Waals surface area contributed by atoms with Crippen molar-refractivity contribution < 1.29 is 35.5 Å². The van der Waals surface area contributed by atoms with Crippen LogP contribution in [-0.2, 0) is 10.0 Å². The Balaban J connectivity index is 2.46. The molecule has 2 N–H and O–H groups in total. The molecule has 5 nitrogen and oxygen atoms in total. The van der Waals surface area contributed by atoms with Crippen LogP contribution in [-0.4, -0.2) is 20.6 Å². The molecule has 0 aliphatic rings. The number of rotatable bonds is 4. The minimum absolute atomic E-state index is 0.219. The van der Waals surface area contributed by atoms with Crippen LogP contribution in [0.5, 0.6) is 5.75 Å². The van der Waals surface area contributed by atoms with Gasteiger partial charge in [0.1, 0.15) is 11.6 Å². The van der Waals surface area contributed by atoms with Gasteiger partial charge in [-0.25, -0.2) is 17.9 Å². The molecule has 0 aliphatic heterocycles. The topological polar surface area (TPSA) is 86.5 Å². The number of sulfonamides is 1. The van der Waals surface area contributed by atoms with Crippen LogP contribution in [0.1, 0.15) is 21.5 Å². The van der Waals surface area contributed by atoms with E-state index in [9.17, 15) is 30.8 Å². The molecule has 0 spiro atoms. The second kappa shape index (κ2) is 6.45. The van der Waals surface area contributed by atoms with Gasteiger partial charge < -0.3 is 4.74 Å². The van der Waals surface area contributed by atoms with E-state index in [1.807, 2.05) is 0 Å². The number of hydrogen-bond donors (Lipinski definition) is 1. The molecule has 0 heterocycles. The first-order valence-corrected chi connectivity index (χ1v) is 8.16. The number of ketones is 1. The van der Waals surface area contributed by atoms with E-state index >= 15 is 0 Å². The maximum atomic E-state index is 14.1. The summed E-state index contributed by atoms with van der Waals surface area (Å²) < 4.78 is 77.0. The van der Waals surface area contributed by atoms with E-state index in [0.717, 1.165) is 24.3 Å². The maximum absolute atomic E-state index is 14.1. The number of aryl methyl sites for hydroxylation is 1. The lowest BCUT2D eigenvalue weighted by atomic mass is 9.98. The largest absolute Gasteiger partial charge is 0.573 e. The van der Waals surface area contributed by atoms with Gasteiger partial charge in [-0.05, 0) is 42.8 Å². The Labute approximate surface area is 140 Å². The average Bonchev–Trinajstić information content (AvgIpc) is 2.46. The van der Waals surface area contributed by atoms with E-state index in [1.54, 1.807) is 0 Å². The highest BCUT2D eigenvalue weighted by Gasteiger charge is 2.31. The van der Waals surface area contributed by atoms with Crippen LogP contribution in [0.3, 0.4) is 0 Å². The van der Waals surface area contributed by atoms with Gasteiger partial charge in [0, 0.05) is 5.56 Å². The molecule has 0 aliphatic carbocycles. The highest BCUT2D eigenvalue weighted by molar-refractivity contribution is 7.89. The summed E-state index contributed by atoms with van der Waals surface area (Å²) in [6, 6.07) is 5.45. The Bertz CT molecular complexity index is 939. The van der Waals surface area contributed by atoms with E-state index in [1.165, 1.54) is 13.0 Å². The van der Waals surface area contributed by atoms with Crippen LogP contribution in [0.4, 0.5) is 17.6 Å². The van der Waals surface area contributed by atoms with Crippen LogP contribution >= 0.6 is 0 Å². The molecule has 0 saturated heterocycles. The molecule has 25 heavy (non-hydrogen) atoms. The van der Waals surface area contributed by atoms with Crippen molar-refractivity contribution in [2.24, 2.45) is 5.14 Å². The van der Waals surface area contributed by atoms with E-state index in [2.05, 4.69) is 4.74 Å². The molecule has 0 atom stereocenters. The summed E-state index contributed by atoms with van der Waals surface area (Å²) in [6.45, 7) is 1.45. The van der Waals surface area contributed by atoms with Crippen molar-refractivity contribution in [3.8, 4) is 5.75 Å². The molecule has 2 aromatic carbocycles. The lowest BCUT2D eigenvalue weighted by Gasteiger charge is -2.12. The molecule has 0 fully saturated rings. The highest BCUT2D eigenvalue weighted by atomic mass is 32.2. The minimum atomic E-state index is -4.95. The number of halogens is 4. The zero-order valence-corrected chi connectivity index (χ0v) is 13.4. The smallest absolute Gasteiger partial charge is 0.406 e. The first-order valence-electron chi connectivity index (χ1n) is 6.62. The van der Waals surface area contributed by atoms with Gasteiger partial charge in [-0.1, -0.05) is 6.07 Å². The fourth-order valence-electron chi connectivity index (χ4n) is 2.04. The second-order valence-corrected chi connectivity index (χ2v) is 6.60. The Kier molecular flexibility index (Phi) is 4.87. The number of ether oxygens (including phenoxy) is 1. The molecule has 134 valence electrons. The summed E-state index contributed by atoms with van der Waals surface area (Å²) in [5, 5.41) is 4.86. The average molecular weight is 377 g/mol. The fraction of sp³-hybridized carbons (Fsp3) is 0.133. The van der Waals surface area contributed by atoms with Crippen molar-refractivity contribution in [2.45, 2.75) is 18.2 Å².